The van der Waals surface area contributed by atoms with Gasteiger partial charge in [-0.05, 0) is 54.1 Å². The van der Waals surface area contributed by atoms with E-state index >= 15 is 0 Å². The van der Waals surface area contributed by atoms with Crippen molar-refractivity contribution in [1.82, 2.24) is 4.31 Å². The lowest BCUT2D eigenvalue weighted by Gasteiger charge is -2.22. The number of amides is 1. The third-order valence-electron chi connectivity index (χ3n) is 5.35. The molecule has 4 aromatic rings. The van der Waals surface area contributed by atoms with E-state index in [1.807, 2.05) is 60.7 Å². The molecule has 0 saturated heterocycles. The number of hydrogen-bond donors (Lipinski definition) is 1. The summed E-state index contributed by atoms with van der Waals surface area (Å²) in [7, 11) is -2.48. The summed E-state index contributed by atoms with van der Waals surface area (Å²) in [6.45, 7) is -0.353. The third kappa shape index (κ3) is 6.29. The summed E-state index contributed by atoms with van der Waals surface area (Å²) >= 11 is 0. The van der Waals surface area contributed by atoms with Crippen LogP contribution in [-0.4, -0.2) is 32.3 Å². The summed E-state index contributed by atoms with van der Waals surface area (Å²) in [5.41, 5.74) is 1.20. The maximum Gasteiger partial charge on any atom is 0.243 e. The molecule has 0 aliphatic carbocycles. The van der Waals surface area contributed by atoms with Crippen LogP contribution in [0.2, 0.25) is 0 Å². The van der Waals surface area contributed by atoms with Crippen LogP contribution >= 0.6 is 0 Å². The van der Waals surface area contributed by atoms with Crippen LogP contribution in [0.15, 0.2) is 114 Å². The standard InChI is InChI=1S/C28H26N2O5S/c1-34-23-16-18-25(19-17-23)36(32,33)30(20-22-10-4-2-5-11-22)21-28(31)29-26-14-8-9-15-27(26)35-24-12-6-3-7-13-24/h2-19H,20-21H2,1H3,(H,29,31). The summed E-state index contributed by atoms with van der Waals surface area (Å²) in [5.74, 6) is 1.11. The number of sulfonamides is 1. The van der Waals surface area contributed by atoms with Crippen molar-refractivity contribution in [3.8, 4) is 17.2 Å². The first-order chi connectivity index (χ1) is 17.5. The molecule has 0 aromatic heterocycles. The molecule has 184 valence electrons. The van der Waals surface area contributed by atoms with Gasteiger partial charge in [0.05, 0.1) is 24.2 Å². The molecule has 0 spiro atoms. The van der Waals surface area contributed by atoms with Crippen LogP contribution in [0.3, 0.4) is 0 Å². The normalized spacial score (nSPS) is 11.2. The largest absolute Gasteiger partial charge is 0.497 e. The summed E-state index contributed by atoms with van der Waals surface area (Å²) < 4.78 is 39.2. The van der Waals surface area contributed by atoms with Crippen molar-refractivity contribution in [2.75, 3.05) is 19.0 Å². The van der Waals surface area contributed by atoms with E-state index in [9.17, 15) is 13.2 Å². The predicted octanol–water partition coefficient (Wildman–Crippen LogP) is 5.32. The molecule has 0 fully saturated rings. The Bertz CT molecular complexity index is 1390. The molecule has 0 heterocycles. The quantitative estimate of drug-likeness (QED) is 0.317. The number of carbonyl (C=O) groups excluding carboxylic acids is 1. The van der Waals surface area contributed by atoms with Gasteiger partial charge in [0, 0.05) is 6.54 Å². The molecule has 0 radical (unpaired) electrons. The Hall–Kier alpha value is -4.14. The highest BCUT2D eigenvalue weighted by Crippen LogP contribution is 2.29. The van der Waals surface area contributed by atoms with Crippen LogP contribution in [-0.2, 0) is 21.4 Å². The highest BCUT2D eigenvalue weighted by molar-refractivity contribution is 7.89. The second-order valence-electron chi connectivity index (χ2n) is 7.89. The van der Waals surface area contributed by atoms with Gasteiger partial charge in [0.1, 0.15) is 11.5 Å². The van der Waals surface area contributed by atoms with Crippen molar-refractivity contribution in [3.63, 3.8) is 0 Å². The van der Waals surface area contributed by atoms with Crippen molar-refractivity contribution >= 4 is 21.6 Å². The molecule has 0 saturated carbocycles. The zero-order chi connectivity index (χ0) is 25.4. The molecule has 8 heteroatoms. The number of para-hydroxylation sites is 3. The molecule has 0 aliphatic rings. The van der Waals surface area contributed by atoms with E-state index in [2.05, 4.69) is 5.32 Å². The summed E-state index contributed by atoms with van der Waals surface area (Å²) in [5, 5.41) is 2.80. The van der Waals surface area contributed by atoms with Crippen LogP contribution < -0.4 is 14.8 Å². The van der Waals surface area contributed by atoms with E-state index in [1.165, 1.54) is 19.2 Å². The average Bonchev–Trinajstić information content (AvgIpc) is 2.90. The fraction of sp³-hybridized carbons (Fsp3) is 0.107. The Kier molecular flexibility index (Phi) is 7.99. The second-order valence-corrected chi connectivity index (χ2v) is 9.83. The van der Waals surface area contributed by atoms with Crippen LogP contribution in [0.5, 0.6) is 17.2 Å². The maximum absolute atomic E-state index is 13.5. The zero-order valence-corrected chi connectivity index (χ0v) is 20.5. The van der Waals surface area contributed by atoms with Gasteiger partial charge in [-0.3, -0.25) is 4.79 Å². The fourth-order valence-corrected chi connectivity index (χ4v) is 4.92. The minimum atomic E-state index is -3.98. The molecule has 1 N–H and O–H groups in total. The Morgan fingerprint density at radius 1 is 0.778 bits per heavy atom. The molecule has 7 nitrogen and oxygen atoms in total. The summed E-state index contributed by atoms with van der Waals surface area (Å²) in [6, 6.07) is 31.4. The number of methoxy groups -OCH3 is 1. The van der Waals surface area contributed by atoms with Crippen molar-refractivity contribution in [1.29, 1.82) is 0 Å². The van der Waals surface area contributed by atoms with Crippen molar-refractivity contribution in [2.45, 2.75) is 11.4 Å². The molecule has 4 rings (SSSR count). The number of benzene rings is 4. The zero-order valence-electron chi connectivity index (χ0n) is 19.7. The molecule has 0 atom stereocenters. The van der Waals surface area contributed by atoms with Crippen LogP contribution in [0.4, 0.5) is 5.69 Å². The lowest BCUT2D eigenvalue weighted by atomic mass is 10.2. The Balaban J connectivity index is 1.57. The number of carbonyl (C=O) groups is 1. The number of hydrogen-bond acceptors (Lipinski definition) is 5. The molecular formula is C28H26N2O5S. The van der Waals surface area contributed by atoms with Gasteiger partial charge in [0.15, 0.2) is 5.75 Å². The number of rotatable bonds is 10. The molecule has 36 heavy (non-hydrogen) atoms. The van der Waals surface area contributed by atoms with Gasteiger partial charge >= 0.3 is 0 Å². The van der Waals surface area contributed by atoms with Gasteiger partial charge in [-0.25, -0.2) is 8.42 Å². The average molecular weight is 503 g/mol. The van der Waals surface area contributed by atoms with Gasteiger partial charge in [0.2, 0.25) is 15.9 Å². The second kappa shape index (κ2) is 11.5. The Morgan fingerprint density at radius 2 is 1.39 bits per heavy atom. The van der Waals surface area contributed by atoms with Gasteiger partial charge in [-0.15, -0.1) is 0 Å². The lowest BCUT2D eigenvalue weighted by molar-refractivity contribution is -0.116. The van der Waals surface area contributed by atoms with Crippen LogP contribution in [0, 0.1) is 0 Å². The molecule has 0 bridgehead atoms. The highest BCUT2D eigenvalue weighted by atomic mass is 32.2. The van der Waals surface area contributed by atoms with Gasteiger partial charge in [0.25, 0.3) is 0 Å². The molecular weight excluding hydrogens is 476 g/mol. The number of nitrogens with one attached hydrogen (secondary N) is 1. The van der Waals surface area contributed by atoms with Crippen LogP contribution in [0.1, 0.15) is 5.56 Å². The first kappa shape index (κ1) is 25.0. The monoisotopic (exact) mass is 502 g/mol. The smallest absolute Gasteiger partial charge is 0.243 e. The highest BCUT2D eigenvalue weighted by Gasteiger charge is 2.27. The summed E-state index contributed by atoms with van der Waals surface area (Å²) in [6.07, 6.45) is 0. The minimum Gasteiger partial charge on any atom is -0.497 e. The van der Waals surface area contributed by atoms with E-state index < -0.39 is 15.9 Å². The van der Waals surface area contributed by atoms with Crippen molar-refractivity contribution in [3.05, 3.63) is 115 Å². The first-order valence-electron chi connectivity index (χ1n) is 11.3. The Labute approximate surface area is 211 Å². The fourth-order valence-electron chi connectivity index (χ4n) is 3.53. The Morgan fingerprint density at radius 3 is 2.06 bits per heavy atom. The number of ether oxygens (including phenoxy) is 2. The first-order valence-corrected chi connectivity index (χ1v) is 12.7. The predicted molar refractivity (Wildman–Crippen MR) is 139 cm³/mol. The molecule has 0 aliphatic heterocycles. The molecule has 1 amide bonds. The van der Waals surface area contributed by atoms with E-state index in [0.717, 1.165) is 9.87 Å². The molecule has 4 aromatic carbocycles. The third-order valence-corrected chi connectivity index (χ3v) is 7.16. The van der Waals surface area contributed by atoms with Crippen molar-refractivity contribution < 1.29 is 22.7 Å². The van der Waals surface area contributed by atoms with E-state index in [0.29, 0.717) is 22.9 Å². The van der Waals surface area contributed by atoms with Crippen LogP contribution in [0.25, 0.3) is 0 Å². The lowest BCUT2D eigenvalue weighted by Crippen LogP contribution is -2.37. The summed E-state index contributed by atoms with van der Waals surface area (Å²) in [4.78, 5) is 13.2. The van der Waals surface area contributed by atoms with Gasteiger partial charge in [-0.2, -0.15) is 4.31 Å². The van der Waals surface area contributed by atoms with Gasteiger partial charge < -0.3 is 14.8 Å². The SMILES string of the molecule is COc1ccc(S(=O)(=O)N(CC(=O)Nc2ccccc2Oc2ccccc2)Cc2ccccc2)cc1. The topological polar surface area (TPSA) is 84.9 Å². The number of anilines is 1. The number of nitrogens with zero attached hydrogens (tertiary/aromatic N) is 1. The van der Waals surface area contributed by atoms with Crippen molar-refractivity contribution in [2.24, 2.45) is 0 Å². The maximum atomic E-state index is 13.5. The molecule has 0 unspecified atom stereocenters. The van der Waals surface area contributed by atoms with E-state index in [4.69, 9.17) is 9.47 Å². The van der Waals surface area contributed by atoms with E-state index in [-0.39, 0.29) is 18.0 Å². The van der Waals surface area contributed by atoms with Gasteiger partial charge in [-0.1, -0.05) is 60.7 Å². The minimum absolute atomic E-state index is 0.0325. The van der Waals surface area contributed by atoms with E-state index in [1.54, 1.807) is 36.4 Å².